The molecule has 0 heterocycles. The van der Waals surface area contributed by atoms with E-state index in [2.05, 4.69) is 16.6 Å². The molecule has 1 aromatic carbocycles. The molecule has 2 atom stereocenters. The minimum Gasteiger partial charge on any atom is -0.444 e. The summed E-state index contributed by atoms with van der Waals surface area (Å²) >= 11 is 0. The number of benzene rings is 1. The van der Waals surface area contributed by atoms with Gasteiger partial charge in [0.25, 0.3) is 0 Å². The van der Waals surface area contributed by atoms with Crippen molar-refractivity contribution >= 4 is 17.9 Å². The maximum absolute atomic E-state index is 13.5. The summed E-state index contributed by atoms with van der Waals surface area (Å²) in [7, 11) is 0. The summed E-state index contributed by atoms with van der Waals surface area (Å²) in [6, 6.07) is 3.86. The third-order valence-corrected chi connectivity index (χ3v) is 4.35. The Bertz CT molecular complexity index is 852. The Labute approximate surface area is 190 Å². The zero-order valence-electron chi connectivity index (χ0n) is 19.9. The summed E-state index contributed by atoms with van der Waals surface area (Å²) in [6.45, 7) is 11.5. The van der Waals surface area contributed by atoms with Gasteiger partial charge in [-0.25, -0.2) is 4.79 Å². The maximum atomic E-state index is 13.5. The molecule has 8 nitrogen and oxygen atoms in total. The van der Waals surface area contributed by atoms with Crippen LogP contribution in [-0.4, -0.2) is 58.2 Å². The number of hydrogen-bond donors (Lipinski definition) is 3. The van der Waals surface area contributed by atoms with Crippen LogP contribution in [0.25, 0.3) is 0 Å². The third kappa shape index (κ3) is 7.57. The number of terminal acetylenes is 1. The lowest BCUT2D eigenvalue weighted by atomic mass is 9.96. The average Bonchev–Trinajstić information content (AvgIpc) is 2.67. The molecule has 0 radical (unpaired) electrons. The highest BCUT2D eigenvalue weighted by molar-refractivity contribution is 5.92. The first-order valence-corrected chi connectivity index (χ1v) is 10.6. The van der Waals surface area contributed by atoms with Gasteiger partial charge in [-0.05, 0) is 60.1 Å². The zero-order chi connectivity index (χ0) is 24.6. The normalized spacial score (nSPS) is 13.2. The van der Waals surface area contributed by atoms with Crippen LogP contribution in [0.2, 0.25) is 0 Å². The predicted molar refractivity (Wildman–Crippen MR) is 123 cm³/mol. The summed E-state index contributed by atoms with van der Waals surface area (Å²) in [5.41, 5.74) is 0.163. The monoisotopic (exact) mass is 445 g/mol. The smallest absolute Gasteiger partial charge is 0.408 e. The predicted octanol–water partition coefficient (Wildman–Crippen LogP) is 2.36. The standard InChI is InChI=1S/C24H35N3O5/c1-9-17-12-10-11-13-18(17)20(21(29)25-15(2)3)27(16(4)5)22(30)19(14-28)26-23(31)32-24(6,7)8/h1,10-13,15-16,19-20,28H,14H2,2-8H3,(H,25,29)(H,26,31). The van der Waals surface area contributed by atoms with Gasteiger partial charge in [0.2, 0.25) is 11.8 Å². The van der Waals surface area contributed by atoms with Crippen LogP contribution in [0.3, 0.4) is 0 Å². The van der Waals surface area contributed by atoms with E-state index in [9.17, 15) is 19.5 Å². The Morgan fingerprint density at radius 3 is 2.19 bits per heavy atom. The zero-order valence-corrected chi connectivity index (χ0v) is 19.9. The highest BCUT2D eigenvalue weighted by Crippen LogP contribution is 2.27. The lowest BCUT2D eigenvalue weighted by Gasteiger charge is -2.37. The number of amides is 3. The summed E-state index contributed by atoms with van der Waals surface area (Å²) < 4.78 is 5.20. The summed E-state index contributed by atoms with van der Waals surface area (Å²) in [5.74, 6) is 1.51. The Balaban J connectivity index is 3.44. The van der Waals surface area contributed by atoms with E-state index < -0.39 is 48.2 Å². The molecule has 32 heavy (non-hydrogen) atoms. The molecule has 0 saturated heterocycles. The minimum absolute atomic E-state index is 0.180. The number of ether oxygens (including phenoxy) is 1. The summed E-state index contributed by atoms with van der Waals surface area (Å²) in [5, 5.41) is 15.1. The summed E-state index contributed by atoms with van der Waals surface area (Å²) in [6.07, 6.45) is 4.81. The number of hydrogen-bond acceptors (Lipinski definition) is 5. The summed E-state index contributed by atoms with van der Waals surface area (Å²) in [4.78, 5) is 40.3. The van der Waals surface area contributed by atoms with Crippen molar-refractivity contribution in [2.75, 3.05) is 6.61 Å². The Hall–Kier alpha value is -3.05. The second-order valence-electron chi connectivity index (χ2n) is 9.02. The first-order valence-electron chi connectivity index (χ1n) is 10.6. The quantitative estimate of drug-likeness (QED) is 0.533. The van der Waals surface area contributed by atoms with Gasteiger partial charge < -0.3 is 25.4 Å². The van der Waals surface area contributed by atoms with Gasteiger partial charge >= 0.3 is 6.09 Å². The van der Waals surface area contributed by atoms with Crippen molar-refractivity contribution in [3.63, 3.8) is 0 Å². The number of nitrogens with zero attached hydrogens (tertiary/aromatic N) is 1. The molecule has 0 bridgehead atoms. The van der Waals surface area contributed by atoms with Crippen LogP contribution in [0, 0.1) is 12.3 Å². The van der Waals surface area contributed by atoms with E-state index in [0.29, 0.717) is 11.1 Å². The first kappa shape index (κ1) is 27.0. The fourth-order valence-corrected chi connectivity index (χ4v) is 3.14. The maximum Gasteiger partial charge on any atom is 0.408 e. The van der Waals surface area contributed by atoms with Gasteiger partial charge in [0.1, 0.15) is 17.7 Å². The van der Waals surface area contributed by atoms with Crippen LogP contribution in [0.4, 0.5) is 4.79 Å². The van der Waals surface area contributed by atoms with Crippen molar-refractivity contribution in [3.8, 4) is 12.3 Å². The van der Waals surface area contributed by atoms with Gasteiger partial charge in [-0.2, -0.15) is 0 Å². The Morgan fingerprint density at radius 1 is 1.12 bits per heavy atom. The number of rotatable bonds is 8. The molecule has 0 fully saturated rings. The highest BCUT2D eigenvalue weighted by atomic mass is 16.6. The van der Waals surface area contributed by atoms with Gasteiger partial charge in [0.15, 0.2) is 0 Å². The second kappa shape index (κ2) is 11.5. The van der Waals surface area contributed by atoms with E-state index >= 15 is 0 Å². The van der Waals surface area contributed by atoms with Gasteiger partial charge in [0, 0.05) is 17.6 Å². The topological polar surface area (TPSA) is 108 Å². The third-order valence-electron chi connectivity index (χ3n) is 4.35. The van der Waals surface area contributed by atoms with Gasteiger partial charge in [-0.3, -0.25) is 9.59 Å². The molecule has 1 aromatic rings. The molecule has 0 saturated carbocycles. The Kier molecular flexibility index (Phi) is 9.73. The number of carbonyl (C=O) groups excluding carboxylic acids is 3. The molecule has 1 rings (SSSR count). The number of aliphatic hydroxyl groups is 1. The average molecular weight is 446 g/mol. The first-order chi connectivity index (χ1) is 14.8. The van der Waals surface area contributed by atoms with Crippen molar-refractivity contribution in [2.24, 2.45) is 0 Å². The van der Waals surface area contributed by atoms with E-state index in [1.165, 1.54) is 4.90 Å². The molecule has 0 aliphatic carbocycles. The van der Waals surface area contributed by atoms with E-state index in [0.717, 1.165) is 0 Å². The van der Waals surface area contributed by atoms with Crippen LogP contribution in [-0.2, 0) is 14.3 Å². The molecule has 3 amide bonds. The molecule has 2 unspecified atom stereocenters. The van der Waals surface area contributed by atoms with Crippen molar-refractivity contribution in [2.45, 2.75) is 78.2 Å². The van der Waals surface area contributed by atoms with Crippen molar-refractivity contribution < 1.29 is 24.2 Å². The van der Waals surface area contributed by atoms with Crippen LogP contribution >= 0.6 is 0 Å². The van der Waals surface area contributed by atoms with Crippen LogP contribution in [0.5, 0.6) is 0 Å². The van der Waals surface area contributed by atoms with Crippen LogP contribution in [0.15, 0.2) is 24.3 Å². The second-order valence-corrected chi connectivity index (χ2v) is 9.02. The van der Waals surface area contributed by atoms with Crippen LogP contribution < -0.4 is 10.6 Å². The molecule has 8 heteroatoms. The largest absolute Gasteiger partial charge is 0.444 e. The van der Waals surface area contributed by atoms with E-state index in [4.69, 9.17) is 11.2 Å². The van der Waals surface area contributed by atoms with E-state index in [-0.39, 0.29) is 6.04 Å². The van der Waals surface area contributed by atoms with Crippen molar-refractivity contribution in [1.29, 1.82) is 0 Å². The van der Waals surface area contributed by atoms with Crippen molar-refractivity contribution in [1.82, 2.24) is 15.5 Å². The number of aliphatic hydroxyl groups excluding tert-OH is 1. The number of carbonyl (C=O) groups is 3. The van der Waals surface area contributed by atoms with Gasteiger partial charge in [-0.1, -0.05) is 24.1 Å². The number of nitrogens with one attached hydrogen (secondary N) is 2. The SMILES string of the molecule is C#Cc1ccccc1C(C(=O)NC(C)C)N(C(=O)C(CO)NC(=O)OC(C)(C)C)C(C)C. The van der Waals surface area contributed by atoms with E-state index in [1.54, 1.807) is 58.9 Å². The molecule has 0 aromatic heterocycles. The minimum atomic E-state index is -1.31. The Morgan fingerprint density at radius 2 is 1.72 bits per heavy atom. The van der Waals surface area contributed by atoms with Gasteiger partial charge in [-0.15, -0.1) is 6.42 Å². The highest BCUT2D eigenvalue weighted by Gasteiger charge is 2.38. The molecular weight excluding hydrogens is 410 g/mol. The van der Waals surface area contributed by atoms with Crippen LogP contribution in [0.1, 0.15) is 65.6 Å². The van der Waals surface area contributed by atoms with Crippen molar-refractivity contribution in [3.05, 3.63) is 35.4 Å². The van der Waals surface area contributed by atoms with Gasteiger partial charge in [0.05, 0.1) is 6.61 Å². The molecular formula is C24H35N3O5. The molecule has 3 N–H and O–H groups in total. The lowest BCUT2D eigenvalue weighted by molar-refractivity contribution is -0.145. The fourth-order valence-electron chi connectivity index (χ4n) is 3.14. The molecule has 0 spiro atoms. The fraction of sp³-hybridized carbons (Fsp3) is 0.542. The van der Waals surface area contributed by atoms with E-state index in [1.807, 2.05) is 13.8 Å². The molecule has 0 aliphatic rings. The molecule has 176 valence electrons. The number of alkyl carbamates (subject to hydrolysis) is 1. The molecule has 0 aliphatic heterocycles. The lowest BCUT2D eigenvalue weighted by Crippen LogP contribution is -2.56.